The number of hydrogen-bond acceptors (Lipinski definition) is 5. The molecule has 0 fully saturated rings. The van der Waals surface area contributed by atoms with Crippen molar-refractivity contribution in [2.45, 2.75) is 6.42 Å². The van der Waals surface area contributed by atoms with Crippen molar-refractivity contribution >= 4 is 28.8 Å². The Morgan fingerprint density at radius 2 is 2.00 bits per heavy atom. The fourth-order valence-electron chi connectivity index (χ4n) is 2.01. The van der Waals surface area contributed by atoms with Crippen LogP contribution in [-0.4, -0.2) is 24.0 Å². The van der Waals surface area contributed by atoms with Crippen LogP contribution in [0.5, 0.6) is 5.75 Å². The number of ketones is 1. The van der Waals surface area contributed by atoms with Crippen molar-refractivity contribution in [3.05, 3.63) is 75.4 Å². The molecule has 26 heavy (non-hydrogen) atoms. The molecule has 0 atom stereocenters. The third-order valence-electron chi connectivity index (χ3n) is 3.31. The zero-order valence-electron chi connectivity index (χ0n) is 13.7. The number of benzene rings is 2. The zero-order valence-corrected chi connectivity index (χ0v) is 14.4. The molecule has 0 aliphatic carbocycles. The predicted molar refractivity (Wildman–Crippen MR) is 97.7 cm³/mol. The van der Waals surface area contributed by atoms with Gasteiger partial charge in [-0.3, -0.25) is 19.3 Å². The Kier molecular flexibility index (Phi) is 7.11. The van der Waals surface area contributed by atoms with E-state index in [0.29, 0.717) is 23.4 Å². The molecule has 8 heteroatoms. The lowest BCUT2D eigenvalue weighted by Gasteiger charge is -2.05. The average molecular weight is 379 g/mol. The van der Waals surface area contributed by atoms with E-state index < -0.39 is 11.6 Å². The number of hydrogen-bond donors (Lipinski definition) is 1. The van der Waals surface area contributed by atoms with Gasteiger partial charge in [-0.25, -0.2) is 0 Å². The van der Waals surface area contributed by atoms with Gasteiger partial charge in [-0.2, -0.15) is 0 Å². The summed E-state index contributed by atoms with van der Waals surface area (Å²) in [5.41, 5.74) is 0.657. The Bertz CT molecular complexity index is 809. The molecule has 1 N–H and O–H groups in total. The maximum absolute atomic E-state index is 12.1. The highest BCUT2D eigenvalue weighted by Gasteiger charge is 2.12. The van der Waals surface area contributed by atoms with Gasteiger partial charge in [-0.05, 0) is 36.4 Å². The lowest BCUT2D eigenvalue weighted by Crippen LogP contribution is -2.00. The van der Waals surface area contributed by atoms with Crippen molar-refractivity contribution in [1.29, 1.82) is 0 Å². The lowest BCUT2D eigenvalue weighted by molar-refractivity contribution is -0.384. The molecule has 2 rings (SSSR count). The monoisotopic (exact) mass is 378 g/mol. The second kappa shape index (κ2) is 9.53. The number of nitro groups is 1. The molecular formula is C18H16ClFN2O4. The summed E-state index contributed by atoms with van der Waals surface area (Å²) in [6, 6.07) is 10.7. The minimum atomic E-state index is -0.584. The minimum Gasteiger partial charge on any atom is -0.493 e. The molecule has 2 aromatic carbocycles. The number of carbonyl (C=O) groups is 1. The van der Waals surface area contributed by atoms with E-state index in [4.69, 9.17) is 16.3 Å². The highest BCUT2D eigenvalue weighted by Crippen LogP contribution is 2.27. The summed E-state index contributed by atoms with van der Waals surface area (Å²) in [5.74, 6) is 0.307. The summed E-state index contributed by atoms with van der Waals surface area (Å²) in [7, 11) is 0. The van der Waals surface area contributed by atoms with Crippen LogP contribution in [0.2, 0.25) is 5.02 Å². The maximum Gasteiger partial charge on any atom is 0.289 e. The summed E-state index contributed by atoms with van der Waals surface area (Å²) in [6.45, 7) is -0.161. The molecule has 0 amide bonds. The quantitative estimate of drug-likeness (QED) is 0.223. The molecule has 0 aliphatic heterocycles. The highest BCUT2D eigenvalue weighted by atomic mass is 35.5. The third-order valence-corrected chi connectivity index (χ3v) is 3.63. The van der Waals surface area contributed by atoms with Crippen LogP contribution in [-0.2, 0) is 0 Å². The number of allylic oxidation sites excluding steroid dienone is 1. The standard InChI is InChI=1S/C18H16ClFN2O4/c19-16-7-4-14(12-17(16)22(24)25)21-10-8-18(23)13-2-5-15(6-3-13)26-11-1-9-20/h2-8,10,12,21H,1,9,11H2/b10-8+. The Morgan fingerprint density at radius 1 is 1.27 bits per heavy atom. The van der Waals surface area contributed by atoms with Gasteiger partial charge in [-0.1, -0.05) is 11.6 Å². The summed E-state index contributed by atoms with van der Waals surface area (Å²) < 4.78 is 17.3. The van der Waals surface area contributed by atoms with Crippen molar-refractivity contribution in [3.63, 3.8) is 0 Å². The van der Waals surface area contributed by atoms with Gasteiger partial charge >= 0.3 is 0 Å². The minimum absolute atomic E-state index is 0.0365. The zero-order chi connectivity index (χ0) is 18.9. The van der Waals surface area contributed by atoms with Crippen molar-refractivity contribution in [2.24, 2.45) is 0 Å². The van der Waals surface area contributed by atoms with E-state index >= 15 is 0 Å². The van der Waals surface area contributed by atoms with Crippen LogP contribution in [0.3, 0.4) is 0 Å². The van der Waals surface area contributed by atoms with Gasteiger partial charge in [0.2, 0.25) is 0 Å². The number of nitro benzene ring substituents is 1. The number of carbonyl (C=O) groups excluding carboxylic acids is 1. The van der Waals surface area contributed by atoms with Crippen LogP contribution >= 0.6 is 11.6 Å². The van der Waals surface area contributed by atoms with Gasteiger partial charge in [0.15, 0.2) is 5.78 Å². The van der Waals surface area contributed by atoms with Crippen molar-refractivity contribution in [3.8, 4) is 5.75 Å². The van der Waals surface area contributed by atoms with Crippen molar-refractivity contribution in [1.82, 2.24) is 0 Å². The Morgan fingerprint density at radius 3 is 2.65 bits per heavy atom. The first-order chi connectivity index (χ1) is 12.5. The number of anilines is 1. The Balaban J connectivity index is 1.95. The maximum atomic E-state index is 12.1. The summed E-state index contributed by atoms with van der Waals surface area (Å²) in [5, 5.41) is 13.7. The normalized spacial score (nSPS) is 10.7. The fraction of sp³-hybridized carbons (Fsp3) is 0.167. The van der Waals surface area contributed by atoms with Crippen molar-refractivity contribution < 1.29 is 18.8 Å². The molecule has 0 saturated heterocycles. The topological polar surface area (TPSA) is 81.5 Å². The second-order valence-corrected chi connectivity index (χ2v) is 5.59. The number of rotatable bonds is 9. The molecular weight excluding hydrogens is 363 g/mol. The largest absolute Gasteiger partial charge is 0.493 e. The number of halogens is 2. The Labute approximate surface area is 154 Å². The molecule has 0 saturated carbocycles. The van der Waals surface area contributed by atoms with Gasteiger partial charge in [0, 0.05) is 36.0 Å². The van der Waals surface area contributed by atoms with Gasteiger partial charge in [0.1, 0.15) is 10.8 Å². The highest BCUT2D eigenvalue weighted by molar-refractivity contribution is 6.32. The SMILES string of the molecule is O=C(/C=C/Nc1ccc(Cl)c([N+](=O)[O-])c1)c1ccc(OCCCF)cc1. The molecule has 0 heterocycles. The fourth-order valence-corrected chi connectivity index (χ4v) is 2.20. The molecule has 136 valence electrons. The number of nitrogens with one attached hydrogen (secondary N) is 1. The van der Waals surface area contributed by atoms with Crippen molar-refractivity contribution in [2.75, 3.05) is 18.6 Å². The van der Waals surface area contributed by atoms with E-state index in [2.05, 4.69) is 5.32 Å². The van der Waals surface area contributed by atoms with Gasteiger partial charge < -0.3 is 10.1 Å². The van der Waals surface area contributed by atoms with E-state index in [1.54, 1.807) is 30.3 Å². The molecule has 2 aromatic rings. The molecule has 0 spiro atoms. The summed E-state index contributed by atoms with van der Waals surface area (Å²) in [4.78, 5) is 22.3. The van der Waals surface area contributed by atoms with Crippen LogP contribution in [0.15, 0.2) is 54.7 Å². The summed E-state index contributed by atoms with van der Waals surface area (Å²) in [6.07, 6.45) is 3.01. The molecule has 0 aromatic heterocycles. The van der Waals surface area contributed by atoms with Gasteiger partial charge in [0.25, 0.3) is 5.69 Å². The first-order valence-corrected chi connectivity index (χ1v) is 8.09. The Hall–Kier alpha value is -2.93. The summed E-state index contributed by atoms with van der Waals surface area (Å²) >= 11 is 5.74. The number of ether oxygens (including phenoxy) is 1. The van der Waals surface area contributed by atoms with E-state index in [-0.39, 0.29) is 23.1 Å². The second-order valence-electron chi connectivity index (χ2n) is 5.18. The van der Waals surface area contributed by atoms with Crippen LogP contribution in [0.25, 0.3) is 0 Å². The van der Waals surface area contributed by atoms with E-state index in [1.165, 1.54) is 24.4 Å². The third kappa shape index (κ3) is 5.56. The number of alkyl halides is 1. The van der Waals surface area contributed by atoms with Crippen LogP contribution in [0.1, 0.15) is 16.8 Å². The first-order valence-electron chi connectivity index (χ1n) is 7.71. The van der Waals surface area contributed by atoms with Crippen LogP contribution < -0.4 is 10.1 Å². The van der Waals surface area contributed by atoms with E-state index in [1.807, 2.05) is 0 Å². The molecule has 0 radical (unpaired) electrons. The smallest absolute Gasteiger partial charge is 0.289 e. The molecule has 0 aliphatic rings. The van der Waals surface area contributed by atoms with Crippen LogP contribution in [0.4, 0.5) is 15.8 Å². The van der Waals surface area contributed by atoms with E-state index in [0.717, 1.165) is 0 Å². The van der Waals surface area contributed by atoms with Gasteiger partial charge in [-0.15, -0.1) is 0 Å². The predicted octanol–water partition coefficient (Wildman–Crippen LogP) is 4.80. The molecule has 0 bridgehead atoms. The van der Waals surface area contributed by atoms with Gasteiger partial charge in [0.05, 0.1) is 18.2 Å². The lowest BCUT2D eigenvalue weighted by atomic mass is 10.1. The molecule has 0 unspecified atom stereocenters. The average Bonchev–Trinajstić information content (AvgIpc) is 2.63. The first kappa shape index (κ1) is 19.4. The van der Waals surface area contributed by atoms with E-state index in [9.17, 15) is 19.3 Å². The van der Waals surface area contributed by atoms with Crippen LogP contribution in [0, 0.1) is 10.1 Å². The molecule has 6 nitrogen and oxygen atoms in total. The number of nitrogens with zero attached hydrogens (tertiary/aromatic N) is 1.